The van der Waals surface area contributed by atoms with Gasteiger partial charge in [-0.05, 0) is 35.1 Å². The molecule has 1 rings (SSSR count). The normalized spacial score (nSPS) is 10.6. The van der Waals surface area contributed by atoms with E-state index in [2.05, 4.69) is 33.8 Å². The maximum Gasteiger partial charge on any atom is 0.125 e. The van der Waals surface area contributed by atoms with E-state index in [1.54, 1.807) is 7.11 Å². The highest BCUT2D eigenvalue weighted by Gasteiger charge is 2.16. The predicted molar refractivity (Wildman–Crippen MR) is 65.9 cm³/mol. The summed E-state index contributed by atoms with van der Waals surface area (Å²) in [7, 11) is 1.69. The van der Waals surface area contributed by atoms with Crippen LogP contribution < -0.4 is 4.74 Å². The van der Waals surface area contributed by atoms with Crippen molar-refractivity contribution in [2.75, 3.05) is 7.11 Å². The van der Waals surface area contributed by atoms with Crippen LogP contribution in [0.2, 0.25) is 0 Å². The minimum Gasteiger partial charge on any atom is -0.496 e. The molecule has 16 heavy (non-hydrogen) atoms. The fraction of sp³-hybridized carbons (Fsp3) is 0.500. The average molecular weight is 217 g/mol. The van der Waals surface area contributed by atoms with Gasteiger partial charge in [-0.25, -0.2) is 0 Å². The van der Waals surface area contributed by atoms with Crippen molar-refractivity contribution in [2.24, 2.45) is 0 Å². The molecule has 0 heterocycles. The van der Waals surface area contributed by atoms with Crippen molar-refractivity contribution in [3.63, 3.8) is 0 Å². The van der Waals surface area contributed by atoms with Crippen molar-refractivity contribution in [3.8, 4) is 11.8 Å². The Labute approximate surface area is 97.9 Å². The lowest BCUT2D eigenvalue weighted by molar-refractivity contribution is 0.400. The van der Waals surface area contributed by atoms with Crippen LogP contribution in [-0.4, -0.2) is 7.11 Å². The molecule has 0 spiro atoms. The molecular weight excluding hydrogens is 198 g/mol. The van der Waals surface area contributed by atoms with Gasteiger partial charge in [0.25, 0.3) is 0 Å². The molecule has 0 saturated carbocycles. The summed E-state index contributed by atoms with van der Waals surface area (Å²) >= 11 is 0. The molecule has 0 amide bonds. The molecule has 86 valence electrons. The van der Waals surface area contributed by atoms with Crippen molar-refractivity contribution in [3.05, 3.63) is 28.8 Å². The van der Waals surface area contributed by atoms with Crippen molar-refractivity contribution >= 4 is 0 Å². The van der Waals surface area contributed by atoms with Crippen LogP contribution in [0.4, 0.5) is 0 Å². The van der Waals surface area contributed by atoms with Crippen molar-refractivity contribution in [1.82, 2.24) is 0 Å². The Bertz CT molecular complexity index is 384. The third-order valence-electron chi connectivity index (χ3n) is 2.72. The smallest absolute Gasteiger partial charge is 0.125 e. The number of nitriles is 1. The SMILES string of the molecule is COc1c(C(C)C)cc(C#N)cc1C(C)C. The largest absolute Gasteiger partial charge is 0.496 e. The Morgan fingerprint density at radius 2 is 1.50 bits per heavy atom. The minimum atomic E-state index is 0.362. The first-order valence-electron chi connectivity index (χ1n) is 5.63. The highest BCUT2D eigenvalue weighted by molar-refractivity contribution is 5.50. The summed E-state index contributed by atoms with van der Waals surface area (Å²) in [6.45, 7) is 8.46. The number of methoxy groups -OCH3 is 1. The third kappa shape index (κ3) is 2.36. The van der Waals surface area contributed by atoms with E-state index < -0.39 is 0 Å². The molecule has 0 unspecified atom stereocenters. The van der Waals surface area contributed by atoms with E-state index in [1.807, 2.05) is 12.1 Å². The fourth-order valence-corrected chi connectivity index (χ4v) is 1.83. The lowest BCUT2D eigenvalue weighted by atomic mass is 9.92. The summed E-state index contributed by atoms with van der Waals surface area (Å²) < 4.78 is 5.49. The van der Waals surface area contributed by atoms with Gasteiger partial charge in [0, 0.05) is 0 Å². The second-order valence-electron chi connectivity index (χ2n) is 4.61. The second-order valence-corrected chi connectivity index (χ2v) is 4.61. The van der Waals surface area contributed by atoms with Crippen LogP contribution in [0.5, 0.6) is 5.75 Å². The number of rotatable bonds is 3. The lowest BCUT2D eigenvalue weighted by Crippen LogP contribution is -2.02. The van der Waals surface area contributed by atoms with Gasteiger partial charge in [0.2, 0.25) is 0 Å². The fourth-order valence-electron chi connectivity index (χ4n) is 1.83. The first-order valence-corrected chi connectivity index (χ1v) is 5.63. The predicted octanol–water partition coefficient (Wildman–Crippen LogP) is 3.81. The zero-order chi connectivity index (χ0) is 12.3. The summed E-state index contributed by atoms with van der Waals surface area (Å²) in [5.41, 5.74) is 2.95. The van der Waals surface area contributed by atoms with Crippen molar-refractivity contribution in [2.45, 2.75) is 39.5 Å². The maximum absolute atomic E-state index is 9.02. The van der Waals surface area contributed by atoms with E-state index in [1.165, 1.54) is 0 Å². The summed E-state index contributed by atoms with van der Waals surface area (Å²) in [6.07, 6.45) is 0. The Hall–Kier alpha value is -1.49. The van der Waals surface area contributed by atoms with E-state index in [0.29, 0.717) is 17.4 Å². The van der Waals surface area contributed by atoms with E-state index in [0.717, 1.165) is 16.9 Å². The van der Waals surface area contributed by atoms with E-state index in [4.69, 9.17) is 10.00 Å². The van der Waals surface area contributed by atoms with E-state index in [-0.39, 0.29) is 0 Å². The van der Waals surface area contributed by atoms with Gasteiger partial charge >= 0.3 is 0 Å². The molecular formula is C14H19NO. The van der Waals surface area contributed by atoms with Crippen LogP contribution in [-0.2, 0) is 0 Å². The zero-order valence-corrected chi connectivity index (χ0v) is 10.7. The standard InChI is InChI=1S/C14H19NO/c1-9(2)12-6-11(8-15)7-13(10(3)4)14(12)16-5/h6-7,9-10H,1-5H3. The van der Waals surface area contributed by atoms with Gasteiger partial charge in [-0.2, -0.15) is 5.26 Å². The first kappa shape index (κ1) is 12.6. The molecule has 2 nitrogen and oxygen atoms in total. The molecule has 0 aromatic heterocycles. The molecule has 0 atom stereocenters. The number of ether oxygens (including phenoxy) is 1. The first-order chi connectivity index (χ1) is 7.51. The van der Waals surface area contributed by atoms with E-state index in [9.17, 15) is 0 Å². The van der Waals surface area contributed by atoms with Crippen molar-refractivity contribution < 1.29 is 4.74 Å². The Balaban J connectivity index is 3.48. The lowest BCUT2D eigenvalue weighted by Gasteiger charge is -2.18. The van der Waals surface area contributed by atoms with Crippen LogP contribution in [0.1, 0.15) is 56.2 Å². The molecule has 0 aliphatic rings. The molecule has 1 aromatic carbocycles. The average Bonchev–Trinajstić information content (AvgIpc) is 2.26. The van der Waals surface area contributed by atoms with Gasteiger partial charge in [0.05, 0.1) is 18.7 Å². The molecule has 0 fully saturated rings. The Morgan fingerprint density at radius 1 is 1.06 bits per heavy atom. The van der Waals surface area contributed by atoms with Gasteiger partial charge in [0.15, 0.2) is 0 Å². The van der Waals surface area contributed by atoms with Crippen LogP contribution in [0.3, 0.4) is 0 Å². The number of benzene rings is 1. The summed E-state index contributed by atoms with van der Waals surface area (Å²) in [6, 6.07) is 6.07. The highest BCUT2D eigenvalue weighted by atomic mass is 16.5. The van der Waals surface area contributed by atoms with Gasteiger partial charge in [-0.3, -0.25) is 0 Å². The van der Waals surface area contributed by atoms with Gasteiger partial charge in [-0.1, -0.05) is 27.7 Å². The molecule has 0 aliphatic carbocycles. The number of nitrogens with zero attached hydrogens (tertiary/aromatic N) is 1. The summed E-state index contributed by atoms with van der Waals surface area (Å²) in [4.78, 5) is 0. The monoisotopic (exact) mass is 217 g/mol. The van der Waals surface area contributed by atoms with Gasteiger partial charge < -0.3 is 4.74 Å². The molecule has 0 N–H and O–H groups in total. The third-order valence-corrected chi connectivity index (χ3v) is 2.72. The quantitative estimate of drug-likeness (QED) is 0.771. The Kier molecular flexibility index (Phi) is 3.95. The number of hydrogen-bond donors (Lipinski definition) is 0. The second kappa shape index (κ2) is 5.03. The maximum atomic E-state index is 9.02. The topological polar surface area (TPSA) is 33.0 Å². The highest BCUT2D eigenvalue weighted by Crippen LogP contribution is 2.35. The zero-order valence-electron chi connectivity index (χ0n) is 10.7. The molecule has 0 saturated heterocycles. The van der Waals surface area contributed by atoms with Crippen LogP contribution >= 0.6 is 0 Å². The van der Waals surface area contributed by atoms with Crippen LogP contribution in [0.15, 0.2) is 12.1 Å². The van der Waals surface area contributed by atoms with Gasteiger partial charge in [0.1, 0.15) is 5.75 Å². The summed E-state index contributed by atoms with van der Waals surface area (Å²) in [5, 5.41) is 9.02. The minimum absolute atomic E-state index is 0.362. The van der Waals surface area contributed by atoms with Crippen LogP contribution in [0.25, 0.3) is 0 Å². The molecule has 0 radical (unpaired) electrons. The molecule has 0 aliphatic heterocycles. The number of hydrogen-bond acceptors (Lipinski definition) is 2. The van der Waals surface area contributed by atoms with Gasteiger partial charge in [-0.15, -0.1) is 0 Å². The van der Waals surface area contributed by atoms with Crippen molar-refractivity contribution in [1.29, 1.82) is 5.26 Å². The molecule has 1 aromatic rings. The Morgan fingerprint density at radius 3 is 1.75 bits per heavy atom. The van der Waals surface area contributed by atoms with Crippen LogP contribution in [0, 0.1) is 11.3 Å². The van der Waals surface area contributed by atoms with E-state index >= 15 is 0 Å². The summed E-state index contributed by atoms with van der Waals surface area (Å²) in [5.74, 6) is 1.66. The molecule has 0 bridgehead atoms. The molecule has 2 heteroatoms.